The second-order valence-corrected chi connectivity index (χ2v) is 8.66. The summed E-state index contributed by atoms with van der Waals surface area (Å²) in [5.74, 6) is 3.92. The molecule has 1 amide bonds. The number of alkyl carbamates (subject to hydrolysis) is 1. The summed E-state index contributed by atoms with van der Waals surface area (Å²) in [5, 5.41) is 12.5. The maximum Gasteiger partial charge on any atom is 0.408 e. The third-order valence-corrected chi connectivity index (χ3v) is 3.84. The van der Waals surface area contributed by atoms with Crippen molar-refractivity contribution in [2.75, 3.05) is 0 Å². The van der Waals surface area contributed by atoms with Gasteiger partial charge in [0.1, 0.15) is 36.4 Å². The summed E-state index contributed by atoms with van der Waals surface area (Å²) in [6.45, 7) is 8.20. The Bertz CT molecular complexity index is 998. The lowest BCUT2D eigenvalue weighted by molar-refractivity contribution is 0.0502. The van der Waals surface area contributed by atoms with Crippen LogP contribution >= 0.6 is 0 Å². The first-order valence-electron chi connectivity index (χ1n) is 9.68. The van der Waals surface area contributed by atoms with Crippen LogP contribution in [-0.4, -0.2) is 35.2 Å². The van der Waals surface area contributed by atoms with Gasteiger partial charge in [0.05, 0.1) is 11.7 Å². The SMILES string of the molecule is [B]c1ccc(C#CC(C)(C)O)nc1C(Cc1cc(F)cc(F)c1)NC(=O)OC(C)(C)C. The number of rotatable bonds is 4. The van der Waals surface area contributed by atoms with Gasteiger partial charge in [-0.15, -0.1) is 0 Å². The second-order valence-electron chi connectivity index (χ2n) is 8.66. The van der Waals surface area contributed by atoms with Gasteiger partial charge in [0.25, 0.3) is 0 Å². The van der Waals surface area contributed by atoms with E-state index < -0.39 is 35.0 Å². The quantitative estimate of drug-likeness (QED) is 0.583. The Morgan fingerprint density at radius 2 is 1.81 bits per heavy atom. The van der Waals surface area contributed by atoms with Crippen molar-refractivity contribution in [1.29, 1.82) is 0 Å². The molecular weight excluding hydrogens is 401 g/mol. The molecule has 0 saturated carbocycles. The van der Waals surface area contributed by atoms with Gasteiger partial charge in [0.15, 0.2) is 0 Å². The first-order chi connectivity index (χ1) is 14.2. The highest BCUT2D eigenvalue weighted by Crippen LogP contribution is 2.19. The molecular formula is C23H25BF2N2O3. The number of hydrogen-bond acceptors (Lipinski definition) is 4. The molecule has 31 heavy (non-hydrogen) atoms. The number of ether oxygens (including phenoxy) is 1. The first kappa shape index (κ1) is 24.4. The monoisotopic (exact) mass is 426 g/mol. The minimum atomic E-state index is -1.23. The van der Waals surface area contributed by atoms with Gasteiger partial charge in [-0.2, -0.15) is 0 Å². The van der Waals surface area contributed by atoms with Crippen LogP contribution in [0.25, 0.3) is 0 Å². The van der Waals surface area contributed by atoms with E-state index in [9.17, 15) is 18.7 Å². The molecule has 1 aromatic heterocycles. The molecule has 8 heteroatoms. The predicted octanol–water partition coefficient (Wildman–Crippen LogP) is 3.08. The van der Waals surface area contributed by atoms with Crippen LogP contribution in [0.2, 0.25) is 0 Å². The number of hydrogen-bond donors (Lipinski definition) is 2. The van der Waals surface area contributed by atoms with Crippen molar-refractivity contribution in [2.24, 2.45) is 0 Å². The van der Waals surface area contributed by atoms with Gasteiger partial charge in [-0.25, -0.2) is 18.6 Å². The number of pyridine rings is 1. The number of nitrogens with zero attached hydrogens (tertiary/aromatic N) is 1. The number of benzene rings is 1. The number of carbonyl (C=O) groups excluding carboxylic acids is 1. The Balaban J connectivity index is 2.45. The van der Waals surface area contributed by atoms with E-state index in [2.05, 4.69) is 22.1 Å². The maximum atomic E-state index is 13.7. The van der Waals surface area contributed by atoms with E-state index in [1.54, 1.807) is 32.9 Å². The van der Waals surface area contributed by atoms with Crippen LogP contribution in [0.5, 0.6) is 0 Å². The molecule has 1 heterocycles. The number of halogens is 2. The lowest BCUT2D eigenvalue weighted by Crippen LogP contribution is -2.38. The Labute approximate surface area is 182 Å². The molecule has 2 rings (SSSR count). The molecule has 0 aliphatic heterocycles. The molecule has 0 bridgehead atoms. The summed E-state index contributed by atoms with van der Waals surface area (Å²) in [5.41, 5.74) is -0.847. The first-order valence-corrected chi connectivity index (χ1v) is 9.68. The van der Waals surface area contributed by atoms with E-state index in [1.165, 1.54) is 26.0 Å². The topological polar surface area (TPSA) is 71.5 Å². The molecule has 2 radical (unpaired) electrons. The largest absolute Gasteiger partial charge is 0.444 e. The van der Waals surface area contributed by atoms with E-state index in [-0.39, 0.29) is 17.6 Å². The van der Waals surface area contributed by atoms with E-state index >= 15 is 0 Å². The molecule has 0 aliphatic carbocycles. The average molecular weight is 426 g/mol. The normalized spacial score (nSPS) is 12.5. The van der Waals surface area contributed by atoms with Crippen molar-refractivity contribution in [1.82, 2.24) is 10.3 Å². The third-order valence-electron chi connectivity index (χ3n) is 3.84. The van der Waals surface area contributed by atoms with Crippen LogP contribution in [-0.2, 0) is 11.2 Å². The summed E-state index contributed by atoms with van der Waals surface area (Å²) in [4.78, 5) is 16.8. The predicted molar refractivity (Wildman–Crippen MR) is 115 cm³/mol. The number of aliphatic hydroxyl groups is 1. The maximum absolute atomic E-state index is 13.7. The second kappa shape index (κ2) is 9.48. The van der Waals surface area contributed by atoms with Crippen molar-refractivity contribution in [3.63, 3.8) is 0 Å². The minimum Gasteiger partial charge on any atom is -0.444 e. The Morgan fingerprint density at radius 3 is 2.35 bits per heavy atom. The zero-order valence-corrected chi connectivity index (χ0v) is 18.2. The van der Waals surface area contributed by atoms with E-state index in [1.807, 2.05) is 0 Å². The third kappa shape index (κ3) is 8.38. The molecule has 0 saturated heterocycles. The molecule has 2 N–H and O–H groups in total. The molecule has 0 fully saturated rings. The molecule has 0 spiro atoms. The van der Waals surface area contributed by atoms with Crippen LogP contribution in [0.3, 0.4) is 0 Å². The van der Waals surface area contributed by atoms with Crippen LogP contribution in [0.4, 0.5) is 13.6 Å². The summed E-state index contributed by atoms with van der Waals surface area (Å²) in [6.07, 6.45) is -0.725. The van der Waals surface area contributed by atoms with Gasteiger partial charge in [0, 0.05) is 6.07 Å². The zero-order chi connectivity index (χ0) is 23.4. The van der Waals surface area contributed by atoms with Gasteiger partial charge < -0.3 is 15.2 Å². The highest BCUT2D eigenvalue weighted by molar-refractivity contribution is 6.33. The van der Waals surface area contributed by atoms with Crippen LogP contribution in [0.15, 0.2) is 30.3 Å². The van der Waals surface area contributed by atoms with Crippen LogP contribution in [0, 0.1) is 23.5 Å². The molecule has 2 aromatic rings. The van der Waals surface area contributed by atoms with Crippen molar-refractivity contribution >= 4 is 19.4 Å². The average Bonchev–Trinajstić information content (AvgIpc) is 2.57. The smallest absolute Gasteiger partial charge is 0.408 e. The van der Waals surface area contributed by atoms with Crippen molar-refractivity contribution < 1.29 is 23.4 Å². The number of amides is 1. The van der Waals surface area contributed by atoms with Crippen molar-refractivity contribution in [3.8, 4) is 11.8 Å². The molecule has 1 atom stereocenters. The van der Waals surface area contributed by atoms with E-state index in [0.717, 1.165) is 6.07 Å². The van der Waals surface area contributed by atoms with Gasteiger partial charge in [-0.05, 0) is 70.7 Å². The van der Waals surface area contributed by atoms with E-state index in [4.69, 9.17) is 12.6 Å². The minimum absolute atomic E-state index is 0.00744. The van der Waals surface area contributed by atoms with Crippen molar-refractivity contribution in [3.05, 3.63) is 58.9 Å². The Morgan fingerprint density at radius 1 is 1.19 bits per heavy atom. The zero-order valence-electron chi connectivity index (χ0n) is 18.2. The summed E-state index contributed by atoms with van der Waals surface area (Å²) < 4.78 is 32.7. The van der Waals surface area contributed by atoms with Gasteiger partial charge in [-0.1, -0.05) is 17.4 Å². The summed E-state index contributed by atoms with van der Waals surface area (Å²) >= 11 is 0. The fourth-order valence-electron chi connectivity index (χ4n) is 2.68. The summed E-state index contributed by atoms with van der Waals surface area (Å²) in [6, 6.07) is 5.39. The fourth-order valence-corrected chi connectivity index (χ4v) is 2.68. The number of aromatic nitrogens is 1. The van der Waals surface area contributed by atoms with Gasteiger partial charge >= 0.3 is 6.09 Å². The van der Waals surface area contributed by atoms with Gasteiger partial charge in [-0.3, -0.25) is 0 Å². The molecule has 0 aliphatic rings. The van der Waals surface area contributed by atoms with E-state index in [0.29, 0.717) is 11.3 Å². The fraction of sp³-hybridized carbons (Fsp3) is 0.391. The van der Waals surface area contributed by atoms with Crippen LogP contribution < -0.4 is 10.8 Å². The molecule has 1 aromatic carbocycles. The Kier molecular flexibility index (Phi) is 7.45. The highest BCUT2D eigenvalue weighted by Gasteiger charge is 2.23. The number of nitrogens with one attached hydrogen (secondary N) is 1. The highest BCUT2D eigenvalue weighted by atomic mass is 19.1. The molecule has 162 valence electrons. The van der Waals surface area contributed by atoms with Crippen LogP contribution in [0.1, 0.15) is 57.6 Å². The standard InChI is InChI=1S/C23H25BF2N2O3/c1-22(2,3)31-21(29)28-19(12-14-10-15(25)13-16(26)11-14)20-18(24)7-6-17(27-20)8-9-23(4,5)30/h6-7,10-11,13,19,30H,12H2,1-5H3,(H,28,29). The van der Waals surface area contributed by atoms with Crippen molar-refractivity contribution in [2.45, 2.75) is 58.3 Å². The Hall–Kier alpha value is -2.92. The summed E-state index contributed by atoms with van der Waals surface area (Å²) in [7, 11) is 6.09. The molecule has 1 unspecified atom stereocenters. The number of carbonyl (C=O) groups is 1. The lowest BCUT2D eigenvalue weighted by Gasteiger charge is -2.24. The lowest BCUT2D eigenvalue weighted by atomic mass is 9.88. The van der Waals surface area contributed by atoms with Gasteiger partial charge in [0.2, 0.25) is 0 Å². The molecule has 5 nitrogen and oxygen atoms in total.